The summed E-state index contributed by atoms with van der Waals surface area (Å²) in [4.78, 5) is 7.51. The Morgan fingerprint density at radius 1 is 1.31 bits per heavy atom. The SMILES string of the molecule is FC(F)(F)Sc1cnc(I)nc1I. The number of nitrogens with zero attached hydrogens (tertiary/aromatic N) is 2. The van der Waals surface area contributed by atoms with Crippen LogP contribution in [0.4, 0.5) is 13.2 Å². The molecule has 0 N–H and O–H groups in total. The number of hydrogen-bond donors (Lipinski definition) is 0. The van der Waals surface area contributed by atoms with Crippen LogP contribution in [0.1, 0.15) is 0 Å². The third-order valence-electron chi connectivity index (χ3n) is 0.908. The highest BCUT2D eigenvalue weighted by molar-refractivity contribution is 14.1. The molecule has 0 aliphatic rings. The van der Waals surface area contributed by atoms with Crippen LogP contribution < -0.4 is 0 Å². The fraction of sp³-hybridized carbons (Fsp3) is 0.200. The molecule has 1 aromatic rings. The Morgan fingerprint density at radius 3 is 2.38 bits per heavy atom. The molecule has 0 spiro atoms. The monoisotopic (exact) mass is 432 g/mol. The highest BCUT2D eigenvalue weighted by Crippen LogP contribution is 2.37. The normalized spacial score (nSPS) is 11.8. The smallest absolute Gasteiger partial charge is 0.230 e. The summed E-state index contributed by atoms with van der Waals surface area (Å²) in [6.07, 6.45) is 1.18. The van der Waals surface area contributed by atoms with Crippen molar-refractivity contribution in [3.05, 3.63) is 13.7 Å². The lowest BCUT2D eigenvalue weighted by Gasteiger charge is -2.05. The van der Waals surface area contributed by atoms with Crippen LogP contribution in [0, 0.1) is 7.53 Å². The second-order valence-corrected chi connectivity index (χ2v) is 4.94. The average Bonchev–Trinajstić information content (AvgIpc) is 1.93. The Balaban J connectivity index is 2.90. The molecule has 0 amide bonds. The summed E-state index contributed by atoms with van der Waals surface area (Å²) in [6, 6.07) is 0. The van der Waals surface area contributed by atoms with Gasteiger partial charge in [-0.15, -0.1) is 0 Å². The Bertz CT molecular complexity index is 317. The maximum absolute atomic E-state index is 11.9. The average molecular weight is 432 g/mol. The van der Waals surface area contributed by atoms with Crippen LogP contribution in [0.5, 0.6) is 0 Å². The van der Waals surface area contributed by atoms with Gasteiger partial charge < -0.3 is 0 Å². The molecule has 2 nitrogen and oxygen atoms in total. The molecule has 1 aromatic heterocycles. The molecule has 1 rings (SSSR count). The van der Waals surface area contributed by atoms with E-state index in [1.807, 2.05) is 22.6 Å². The van der Waals surface area contributed by atoms with Gasteiger partial charge in [-0.3, -0.25) is 0 Å². The van der Waals surface area contributed by atoms with Crippen LogP contribution in [-0.4, -0.2) is 15.5 Å². The highest BCUT2D eigenvalue weighted by atomic mass is 127. The molecule has 0 aromatic carbocycles. The molecule has 1 heterocycles. The first-order chi connectivity index (χ1) is 5.88. The van der Waals surface area contributed by atoms with Crippen LogP contribution in [0.3, 0.4) is 0 Å². The molecule has 0 aliphatic carbocycles. The first-order valence-corrected chi connectivity index (χ1v) is 5.79. The van der Waals surface area contributed by atoms with E-state index in [4.69, 9.17) is 0 Å². The Kier molecular flexibility index (Phi) is 4.04. The Labute approximate surface area is 103 Å². The molecule has 0 bridgehead atoms. The molecular formula is C5HF3I2N2S. The van der Waals surface area contributed by atoms with Gasteiger partial charge in [0, 0.05) is 28.8 Å². The minimum Gasteiger partial charge on any atom is -0.230 e. The molecule has 0 atom stereocenters. The zero-order chi connectivity index (χ0) is 10.1. The lowest BCUT2D eigenvalue weighted by molar-refractivity contribution is -0.0328. The van der Waals surface area contributed by atoms with Crippen LogP contribution in [-0.2, 0) is 0 Å². The zero-order valence-corrected chi connectivity index (χ0v) is 10.9. The molecule has 13 heavy (non-hydrogen) atoms. The molecule has 8 heteroatoms. The molecule has 0 fully saturated rings. The van der Waals surface area contributed by atoms with Gasteiger partial charge >= 0.3 is 5.51 Å². The van der Waals surface area contributed by atoms with Crippen molar-refractivity contribution >= 4 is 56.9 Å². The van der Waals surface area contributed by atoms with Crippen molar-refractivity contribution < 1.29 is 13.2 Å². The fourth-order valence-corrected chi connectivity index (χ4v) is 2.55. The third-order valence-corrected chi connectivity index (χ3v) is 3.37. The van der Waals surface area contributed by atoms with Gasteiger partial charge in [-0.2, -0.15) is 13.2 Å². The quantitative estimate of drug-likeness (QED) is 0.295. The summed E-state index contributed by atoms with van der Waals surface area (Å²) >= 11 is 3.39. The number of aromatic nitrogens is 2. The van der Waals surface area contributed by atoms with Gasteiger partial charge in [-0.05, 0) is 34.4 Å². The minimum atomic E-state index is -4.28. The van der Waals surface area contributed by atoms with E-state index in [0.717, 1.165) is 0 Å². The van der Waals surface area contributed by atoms with Crippen molar-refractivity contribution in [3.63, 3.8) is 0 Å². The van der Waals surface area contributed by atoms with E-state index in [-0.39, 0.29) is 16.7 Å². The standard InChI is InChI=1S/C5HF3I2N2S/c6-5(7,8)13-2-1-11-4(10)12-3(2)9/h1H. The minimum absolute atomic E-state index is 0.0357. The summed E-state index contributed by atoms with van der Waals surface area (Å²) in [7, 11) is 0. The fourth-order valence-electron chi connectivity index (χ4n) is 0.523. The van der Waals surface area contributed by atoms with Crippen molar-refractivity contribution in [2.75, 3.05) is 0 Å². The molecular weight excluding hydrogens is 431 g/mol. The molecule has 0 aliphatic heterocycles. The van der Waals surface area contributed by atoms with Crippen molar-refractivity contribution in [2.24, 2.45) is 0 Å². The van der Waals surface area contributed by atoms with Crippen LogP contribution in [0.15, 0.2) is 11.1 Å². The van der Waals surface area contributed by atoms with Gasteiger partial charge in [0.25, 0.3) is 0 Å². The predicted molar refractivity (Wildman–Crippen MR) is 59.4 cm³/mol. The van der Waals surface area contributed by atoms with Gasteiger partial charge in [-0.25, -0.2) is 9.97 Å². The lowest BCUT2D eigenvalue weighted by Crippen LogP contribution is -2.02. The maximum Gasteiger partial charge on any atom is 0.446 e. The second-order valence-electron chi connectivity index (χ2n) is 1.84. The van der Waals surface area contributed by atoms with Crippen LogP contribution >= 0.6 is 56.9 Å². The third kappa shape index (κ3) is 4.14. The van der Waals surface area contributed by atoms with E-state index >= 15 is 0 Å². The van der Waals surface area contributed by atoms with Gasteiger partial charge in [0.2, 0.25) is 0 Å². The number of alkyl halides is 3. The summed E-state index contributed by atoms with van der Waals surface area (Å²) in [5, 5.41) is 0. The van der Waals surface area contributed by atoms with Gasteiger partial charge in [0.15, 0.2) is 3.83 Å². The van der Waals surface area contributed by atoms with E-state index in [1.54, 1.807) is 22.6 Å². The second kappa shape index (κ2) is 4.47. The van der Waals surface area contributed by atoms with Crippen LogP contribution in [0.25, 0.3) is 0 Å². The summed E-state index contributed by atoms with van der Waals surface area (Å²) in [6.45, 7) is 0. The Morgan fingerprint density at radius 2 is 1.92 bits per heavy atom. The number of thioether (sulfide) groups is 1. The van der Waals surface area contributed by atoms with E-state index in [0.29, 0.717) is 7.53 Å². The van der Waals surface area contributed by atoms with E-state index in [1.165, 1.54) is 6.20 Å². The van der Waals surface area contributed by atoms with Crippen molar-refractivity contribution in [2.45, 2.75) is 10.4 Å². The number of rotatable bonds is 1. The first kappa shape index (κ1) is 11.8. The van der Waals surface area contributed by atoms with Crippen molar-refractivity contribution in [1.29, 1.82) is 0 Å². The van der Waals surface area contributed by atoms with E-state index in [9.17, 15) is 13.2 Å². The molecule has 0 radical (unpaired) electrons. The van der Waals surface area contributed by atoms with Gasteiger partial charge in [0.1, 0.15) is 3.70 Å². The molecule has 0 unspecified atom stereocenters. The molecule has 0 saturated carbocycles. The summed E-state index contributed by atoms with van der Waals surface area (Å²) in [5.74, 6) is 0. The Hall–Kier alpha value is 0.680. The first-order valence-electron chi connectivity index (χ1n) is 2.82. The largest absolute Gasteiger partial charge is 0.446 e. The summed E-state index contributed by atoms with van der Waals surface area (Å²) in [5.41, 5.74) is -4.28. The number of halogens is 5. The predicted octanol–water partition coefficient (Wildman–Crippen LogP) is 3.30. The van der Waals surface area contributed by atoms with Crippen molar-refractivity contribution in [1.82, 2.24) is 9.97 Å². The van der Waals surface area contributed by atoms with E-state index in [2.05, 4.69) is 9.97 Å². The van der Waals surface area contributed by atoms with E-state index < -0.39 is 5.51 Å². The lowest BCUT2D eigenvalue weighted by atomic mass is 10.7. The van der Waals surface area contributed by atoms with Gasteiger partial charge in [-0.1, -0.05) is 0 Å². The van der Waals surface area contributed by atoms with Crippen LogP contribution in [0.2, 0.25) is 0 Å². The maximum atomic E-state index is 11.9. The number of hydrogen-bond acceptors (Lipinski definition) is 3. The zero-order valence-electron chi connectivity index (χ0n) is 5.77. The summed E-state index contributed by atoms with van der Waals surface area (Å²) < 4.78 is 36.5. The molecule has 72 valence electrons. The highest BCUT2D eigenvalue weighted by Gasteiger charge is 2.30. The molecule has 0 saturated heterocycles. The topological polar surface area (TPSA) is 25.8 Å². The van der Waals surface area contributed by atoms with Gasteiger partial charge in [0.05, 0.1) is 4.90 Å². The van der Waals surface area contributed by atoms with Crippen molar-refractivity contribution in [3.8, 4) is 0 Å².